The highest BCUT2D eigenvalue weighted by molar-refractivity contribution is 5.80. The second-order valence-corrected chi connectivity index (χ2v) is 2.88. The van der Waals surface area contributed by atoms with Crippen LogP contribution in [-0.4, -0.2) is 16.3 Å². The maximum Gasteiger partial charge on any atom is 0.323 e. The number of aromatic nitrogens is 2. The Morgan fingerprint density at radius 3 is 2.71 bits per heavy atom. The zero-order chi connectivity index (χ0) is 9.97. The van der Waals surface area contributed by atoms with Crippen LogP contribution in [0, 0.1) is 0 Å². The summed E-state index contributed by atoms with van der Waals surface area (Å²) in [6.07, 6.45) is 3.80. The van der Waals surface area contributed by atoms with Crippen molar-refractivity contribution < 1.29 is 4.79 Å². The number of fused-ring (bicyclic) bond motifs is 1. The van der Waals surface area contributed by atoms with Crippen molar-refractivity contribution in [3.63, 3.8) is 0 Å². The predicted molar refractivity (Wildman–Crippen MR) is 54.0 cm³/mol. The summed E-state index contributed by atoms with van der Waals surface area (Å²) in [6, 6.07) is 5.41. The summed E-state index contributed by atoms with van der Waals surface area (Å²) < 4.78 is 0. The van der Waals surface area contributed by atoms with Crippen LogP contribution in [0.1, 0.15) is 5.56 Å². The standard InChI is InChI=1S/C10H8N2O2/c13-5-1-2-7-3-4-8-9(6-7)12-10(14)11-8/h1-6H,(H2,11,12,14). The smallest absolute Gasteiger partial charge is 0.306 e. The van der Waals surface area contributed by atoms with Gasteiger partial charge >= 0.3 is 5.69 Å². The minimum absolute atomic E-state index is 0.225. The zero-order valence-corrected chi connectivity index (χ0v) is 7.28. The lowest BCUT2D eigenvalue weighted by Crippen LogP contribution is -1.99. The van der Waals surface area contributed by atoms with Crippen molar-refractivity contribution in [1.29, 1.82) is 0 Å². The number of benzene rings is 1. The molecular formula is C10H8N2O2. The minimum atomic E-state index is -0.225. The first-order valence-corrected chi connectivity index (χ1v) is 4.13. The van der Waals surface area contributed by atoms with Crippen LogP contribution < -0.4 is 5.69 Å². The van der Waals surface area contributed by atoms with Crippen LogP contribution in [-0.2, 0) is 4.79 Å². The molecule has 0 amide bonds. The van der Waals surface area contributed by atoms with E-state index < -0.39 is 0 Å². The summed E-state index contributed by atoms with van der Waals surface area (Å²) in [5.74, 6) is 0. The fraction of sp³-hybridized carbons (Fsp3) is 0. The van der Waals surface area contributed by atoms with E-state index in [2.05, 4.69) is 9.97 Å². The third-order valence-electron chi connectivity index (χ3n) is 1.91. The monoisotopic (exact) mass is 188 g/mol. The topological polar surface area (TPSA) is 65.7 Å². The van der Waals surface area contributed by atoms with Crippen LogP contribution in [0.15, 0.2) is 29.1 Å². The molecule has 0 fully saturated rings. The zero-order valence-electron chi connectivity index (χ0n) is 7.28. The molecule has 0 atom stereocenters. The highest BCUT2D eigenvalue weighted by Gasteiger charge is 1.96. The van der Waals surface area contributed by atoms with Crippen molar-refractivity contribution in [3.05, 3.63) is 40.3 Å². The molecule has 2 aromatic rings. The lowest BCUT2D eigenvalue weighted by atomic mass is 10.2. The Balaban J connectivity index is 2.55. The molecule has 0 bridgehead atoms. The normalized spacial score (nSPS) is 11.1. The lowest BCUT2D eigenvalue weighted by molar-refractivity contribution is -0.104. The average molecular weight is 188 g/mol. The third kappa shape index (κ3) is 1.50. The first-order valence-electron chi connectivity index (χ1n) is 4.13. The summed E-state index contributed by atoms with van der Waals surface area (Å²) in [7, 11) is 0. The Bertz CT molecular complexity index is 548. The lowest BCUT2D eigenvalue weighted by Gasteiger charge is -1.91. The largest absolute Gasteiger partial charge is 0.323 e. The molecule has 1 aromatic carbocycles. The van der Waals surface area contributed by atoms with E-state index in [1.807, 2.05) is 6.07 Å². The Hall–Kier alpha value is -2.10. The van der Waals surface area contributed by atoms with Gasteiger partial charge in [-0.25, -0.2) is 4.79 Å². The van der Waals surface area contributed by atoms with Gasteiger partial charge in [0.15, 0.2) is 0 Å². The highest BCUT2D eigenvalue weighted by Crippen LogP contribution is 2.10. The van der Waals surface area contributed by atoms with Crippen molar-refractivity contribution in [3.8, 4) is 0 Å². The number of rotatable bonds is 2. The SMILES string of the molecule is O=CC=Cc1ccc2[nH]c(=O)[nH]c2c1. The molecule has 0 aliphatic carbocycles. The summed E-state index contributed by atoms with van der Waals surface area (Å²) in [5, 5.41) is 0. The van der Waals surface area contributed by atoms with Crippen molar-refractivity contribution in [2.45, 2.75) is 0 Å². The summed E-state index contributed by atoms with van der Waals surface area (Å²) >= 11 is 0. The molecule has 0 saturated heterocycles. The van der Waals surface area contributed by atoms with E-state index in [1.54, 1.807) is 18.2 Å². The number of carbonyl (C=O) groups is 1. The number of carbonyl (C=O) groups excluding carboxylic acids is 1. The Kier molecular flexibility index (Phi) is 2.02. The van der Waals surface area contributed by atoms with Crippen LogP contribution in [0.25, 0.3) is 17.1 Å². The number of aromatic amines is 2. The first-order chi connectivity index (χ1) is 6.79. The Morgan fingerprint density at radius 2 is 1.93 bits per heavy atom. The molecule has 2 N–H and O–H groups in total. The van der Waals surface area contributed by atoms with Gasteiger partial charge in [-0.1, -0.05) is 12.1 Å². The van der Waals surface area contributed by atoms with Gasteiger partial charge in [-0.15, -0.1) is 0 Å². The molecule has 0 radical (unpaired) electrons. The fourth-order valence-corrected chi connectivity index (χ4v) is 1.30. The van der Waals surface area contributed by atoms with Crippen molar-refractivity contribution in [1.82, 2.24) is 9.97 Å². The van der Waals surface area contributed by atoms with Gasteiger partial charge in [-0.3, -0.25) is 4.79 Å². The van der Waals surface area contributed by atoms with Gasteiger partial charge < -0.3 is 9.97 Å². The van der Waals surface area contributed by atoms with Gasteiger partial charge in [-0.05, 0) is 23.8 Å². The summed E-state index contributed by atoms with van der Waals surface area (Å²) in [6.45, 7) is 0. The van der Waals surface area contributed by atoms with E-state index in [1.165, 1.54) is 6.08 Å². The number of hydrogen-bond acceptors (Lipinski definition) is 2. The quantitative estimate of drug-likeness (QED) is 0.546. The maximum absolute atomic E-state index is 10.9. The number of allylic oxidation sites excluding steroid dienone is 1. The number of H-pyrrole nitrogens is 2. The van der Waals surface area contributed by atoms with Gasteiger partial charge in [0.1, 0.15) is 6.29 Å². The van der Waals surface area contributed by atoms with Gasteiger partial charge in [0.25, 0.3) is 0 Å². The van der Waals surface area contributed by atoms with E-state index in [4.69, 9.17) is 0 Å². The molecule has 0 aliphatic rings. The molecule has 0 saturated carbocycles. The average Bonchev–Trinajstić information content (AvgIpc) is 2.54. The second-order valence-electron chi connectivity index (χ2n) is 2.88. The molecule has 70 valence electrons. The Morgan fingerprint density at radius 1 is 1.14 bits per heavy atom. The number of aldehydes is 1. The van der Waals surface area contributed by atoms with Crippen LogP contribution in [0.3, 0.4) is 0 Å². The number of imidazole rings is 1. The number of hydrogen-bond donors (Lipinski definition) is 2. The predicted octanol–water partition coefficient (Wildman–Crippen LogP) is 1.07. The summed E-state index contributed by atoms with van der Waals surface area (Å²) in [5.41, 5.74) is 2.15. The van der Waals surface area contributed by atoms with Crippen molar-refractivity contribution in [2.24, 2.45) is 0 Å². The van der Waals surface area contributed by atoms with E-state index >= 15 is 0 Å². The van der Waals surface area contributed by atoms with Gasteiger partial charge in [0.05, 0.1) is 11.0 Å². The first kappa shape index (κ1) is 8.50. The molecule has 1 aromatic heterocycles. The second kappa shape index (κ2) is 3.33. The molecule has 2 rings (SSSR count). The summed E-state index contributed by atoms with van der Waals surface area (Å²) in [4.78, 5) is 26.3. The molecule has 0 unspecified atom stereocenters. The van der Waals surface area contributed by atoms with Crippen molar-refractivity contribution in [2.75, 3.05) is 0 Å². The maximum atomic E-state index is 10.9. The number of nitrogens with one attached hydrogen (secondary N) is 2. The highest BCUT2D eigenvalue weighted by atomic mass is 16.1. The molecule has 14 heavy (non-hydrogen) atoms. The van der Waals surface area contributed by atoms with E-state index in [0.29, 0.717) is 6.29 Å². The third-order valence-corrected chi connectivity index (χ3v) is 1.91. The fourth-order valence-electron chi connectivity index (χ4n) is 1.30. The van der Waals surface area contributed by atoms with Crippen LogP contribution in [0.5, 0.6) is 0 Å². The van der Waals surface area contributed by atoms with Crippen LogP contribution in [0.2, 0.25) is 0 Å². The van der Waals surface area contributed by atoms with E-state index in [-0.39, 0.29) is 5.69 Å². The van der Waals surface area contributed by atoms with E-state index in [9.17, 15) is 9.59 Å². The molecule has 4 nitrogen and oxygen atoms in total. The minimum Gasteiger partial charge on any atom is -0.306 e. The molecular weight excluding hydrogens is 180 g/mol. The van der Waals surface area contributed by atoms with Gasteiger partial charge in [-0.2, -0.15) is 0 Å². The van der Waals surface area contributed by atoms with Crippen LogP contribution in [0.4, 0.5) is 0 Å². The Labute approximate surface area is 79.3 Å². The van der Waals surface area contributed by atoms with Crippen molar-refractivity contribution >= 4 is 23.4 Å². The molecule has 0 spiro atoms. The van der Waals surface area contributed by atoms with Gasteiger partial charge in [0.2, 0.25) is 0 Å². The van der Waals surface area contributed by atoms with Crippen LogP contribution >= 0.6 is 0 Å². The van der Waals surface area contributed by atoms with Gasteiger partial charge in [0, 0.05) is 0 Å². The molecule has 4 heteroatoms. The molecule has 0 aliphatic heterocycles. The molecule has 1 heterocycles. The van der Waals surface area contributed by atoms with E-state index in [0.717, 1.165) is 16.6 Å².